The number of hydrogen-bond acceptors (Lipinski definition) is 4. The molecule has 2 aromatic rings. The van der Waals surface area contributed by atoms with Gasteiger partial charge in [0.15, 0.2) is 0 Å². The van der Waals surface area contributed by atoms with E-state index in [4.69, 9.17) is 4.42 Å². The molecule has 0 amide bonds. The summed E-state index contributed by atoms with van der Waals surface area (Å²) in [6.07, 6.45) is 7.57. The van der Waals surface area contributed by atoms with Crippen molar-refractivity contribution < 1.29 is 4.42 Å². The largest absolute Gasteiger partial charge is 0.444 e. The van der Waals surface area contributed by atoms with Crippen molar-refractivity contribution in [2.24, 2.45) is 7.05 Å². The number of hydrogen-bond donors (Lipinski definition) is 1. The molecular weight excluding hydrogens is 216 g/mol. The first kappa shape index (κ1) is 11.9. The van der Waals surface area contributed by atoms with Gasteiger partial charge in [0, 0.05) is 19.7 Å². The summed E-state index contributed by atoms with van der Waals surface area (Å²) in [7, 11) is 1.93. The maximum atomic E-state index is 5.50. The zero-order valence-electron chi connectivity index (χ0n) is 10.3. The summed E-state index contributed by atoms with van der Waals surface area (Å²) in [6.45, 7) is 3.63. The maximum absolute atomic E-state index is 5.50. The molecule has 0 aliphatic carbocycles. The normalized spacial score (nSPS) is 10.9. The molecule has 0 bridgehead atoms. The van der Waals surface area contributed by atoms with Crippen LogP contribution in [0.5, 0.6) is 0 Å². The van der Waals surface area contributed by atoms with E-state index in [1.165, 1.54) is 5.56 Å². The van der Waals surface area contributed by atoms with Gasteiger partial charge in [0.1, 0.15) is 5.76 Å². The monoisotopic (exact) mass is 234 g/mol. The Morgan fingerprint density at radius 1 is 1.41 bits per heavy atom. The maximum Gasteiger partial charge on any atom is 0.208 e. The molecule has 0 saturated carbocycles. The molecule has 0 fully saturated rings. The Bertz CT molecular complexity index is 461. The lowest BCUT2D eigenvalue weighted by molar-refractivity contribution is 0.440. The second-order valence-corrected chi connectivity index (χ2v) is 4.02. The summed E-state index contributed by atoms with van der Waals surface area (Å²) in [4.78, 5) is 4.19. The van der Waals surface area contributed by atoms with Crippen LogP contribution in [0.2, 0.25) is 0 Å². The average Bonchev–Trinajstić information content (AvgIpc) is 2.93. The third-order valence-corrected chi connectivity index (χ3v) is 2.57. The van der Waals surface area contributed by atoms with Crippen LogP contribution in [-0.4, -0.2) is 21.3 Å². The van der Waals surface area contributed by atoms with E-state index in [9.17, 15) is 0 Å². The van der Waals surface area contributed by atoms with Crippen LogP contribution in [0.25, 0.3) is 0 Å². The summed E-state index contributed by atoms with van der Waals surface area (Å²) < 4.78 is 7.32. The highest BCUT2D eigenvalue weighted by Crippen LogP contribution is 2.03. The van der Waals surface area contributed by atoms with Crippen LogP contribution in [-0.2, 0) is 26.4 Å². The van der Waals surface area contributed by atoms with E-state index in [0.717, 1.165) is 31.0 Å². The van der Waals surface area contributed by atoms with Crippen molar-refractivity contribution in [2.45, 2.75) is 26.3 Å². The van der Waals surface area contributed by atoms with Gasteiger partial charge in [0.25, 0.3) is 0 Å². The van der Waals surface area contributed by atoms with E-state index in [2.05, 4.69) is 22.3 Å². The first-order valence-corrected chi connectivity index (χ1v) is 5.89. The van der Waals surface area contributed by atoms with Gasteiger partial charge in [0.2, 0.25) is 5.89 Å². The van der Waals surface area contributed by atoms with Gasteiger partial charge in [0.05, 0.1) is 18.9 Å². The molecule has 5 heteroatoms. The molecule has 5 nitrogen and oxygen atoms in total. The van der Waals surface area contributed by atoms with Crippen LogP contribution in [0.15, 0.2) is 23.0 Å². The Morgan fingerprint density at radius 2 is 2.29 bits per heavy atom. The summed E-state index contributed by atoms with van der Waals surface area (Å²) in [6, 6.07) is 0. The van der Waals surface area contributed by atoms with Gasteiger partial charge in [-0.1, -0.05) is 6.92 Å². The Balaban J connectivity index is 1.69. The molecule has 0 unspecified atom stereocenters. The first-order valence-electron chi connectivity index (χ1n) is 5.89. The number of oxazole rings is 1. The van der Waals surface area contributed by atoms with Crippen LogP contribution in [0.3, 0.4) is 0 Å². The van der Waals surface area contributed by atoms with E-state index < -0.39 is 0 Å². The second-order valence-electron chi connectivity index (χ2n) is 4.02. The van der Waals surface area contributed by atoms with Gasteiger partial charge in [-0.25, -0.2) is 4.98 Å². The average molecular weight is 234 g/mol. The molecule has 0 atom stereocenters. The lowest BCUT2D eigenvalue weighted by Crippen LogP contribution is -2.16. The molecule has 2 rings (SSSR count). The summed E-state index contributed by atoms with van der Waals surface area (Å²) >= 11 is 0. The highest BCUT2D eigenvalue weighted by molar-refractivity contribution is 5.03. The van der Waals surface area contributed by atoms with Crippen LogP contribution < -0.4 is 5.32 Å². The Morgan fingerprint density at radius 3 is 2.94 bits per heavy atom. The number of aromatic nitrogens is 3. The number of nitrogens with one attached hydrogen (secondary N) is 1. The summed E-state index contributed by atoms with van der Waals surface area (Å²) in [5.74, 6) is 1.70. The highest BCUT2D eigenvalue weighted by atomic mass is 16.4. The molecule has 2 heterocycles. The van der Waals surface area contributed by atoms with Crippen molar-refractivity contribution in [2.75, 3.05) is 6.54 Å². The van der Waals surface area contributed by atoms with Gasteiger partial charge in [-0.15, -0.1) is 0 Å². The van der Waals surface area contributed by atoms with Crippen LogP contribution in [0.4, 0.5) is 0 Å². The van der Waals surface area contributed by atoms with Crippen LogP contribution >= 0.6 is 0 Å². The van der Waals surface area contributed by atoms with E-state index in [-0.39, 0.29) is 0 Å². The number of nitrogens with zero attached hydrogens (tertiary/aromatic N) is 3. The molecule has 17 heavy (non-hydrogen) atoms. The molecule has 0 spiro atoms. The predicted octanol–water partition coefficient (Wildman–Crippen LogP) is 1.30. The minimum absolute atomic E-state index is 0.681. The van der Waals surface area contributed by atoms with E-state index >= 15 is 0 Å². The van der Waals surface area contributed by atoms with Gasteiger partial charge >= 0.3 is 0 Å². The zero-order valence-corrected chi connectivity index (χ0v) is 10.3. The van der Waals surface area contributed by atoms with Crippen molar-refractivity contribution in [1.82, 2.24) is 20.1 Å². The van der Waals surface area contributed by atoms with Gasteiger partial charge < -0.3 is 9.73 Å². The van der Waals surface area contributed by atoms with Gasteiger partial charge in [-0.3, -0.25) is 4.68 Å². The van der Waals surface area contributed by atoms with Gasteiger partial charge in [-0.2, -0.15) is 5.10 Å². The lowest BCUT2D eigenvalue weighted by atomic mass is 10.2. The Hall–Kier alpha value is -1.62. The Kier molecular flexibility index (Phi) is 3.93. The van der Waals surface area contributed by atoms with E-state index in [0.29, 0.717) is 6.54 Å². The SMILES string of the molecule is CCc1cnc(CNCCc2cnn(C)c2)o1. The molecule has 2 aromatic heterocycles. The van der Waals surface area contributed by atoms with E-state index in [1.807, 2.05) is 24.1 Å². The minimum Gasteiger partial charge on any atom is -0.444 e. The molecule has 92 valence electrons. The molecule has 0 saturated heterocycles. The molecule has 1 N–H and O–H groups in total. The minimum atomic E-state index is 0.681. The van der Waals surface area contributed by atoms with Crippen LogP contribution in [0, 0.1) is 0 Å². The Labute approximate surface area is 101 Å². The highest BCUT2D eigenvalue weighted by Gasteiger charge is 2.01. The van der Waals surface area contributed by atoms with Crippen molar-refractivity contribution in [3.05, 3.63) is 35.8 Å². The fourth-order valence-corrected chi connectivity index (χ4v) is 1.62. The third kappa shape index (κ3) is 3.42. The fraction of sp³-hybridized carbons (Fsp3) is 0.500. The van der Waals surface area contributed by atoms with Crippen molar-refractivity contribution in [3.63, 3.8) is 0 Å². The van der Waals surface area contributed by atoms with Crippen molar-refractivity contribution in [1.29, 1.82) is 0 Å². The van der Waals surface area contributed by atoms with E-state index in [1.54, 1.807) is 6.20 Å². The third-order valence-electron chi connectivity index (χ3n) is 2.57. The summed E-state index contributed by atoms with van der Waals surface area (Å²) in [5.41, 5.74) is 1.24. The molecule has 0 radical (unpaired) electrons. The van der Waals surface area contributed by atoms with Crippen molar-refractivity contribution >= 4 is 0 Å². The standard InChI is InChI=1S/C12H18N4O/c1-3-11-7-14-12(17-11)8-13-5-4-10-6-15-16(2)9-10/h6-7,9,13H,3-5,8H2,1-2H3. The quantitative estimate of drug-likeness (QED) is 0.765. The molecular formula is C12H18N4O. The van der Waals surface area contributed by atoms with Gasteiger partial charge in [-0.05, 0) is 18.5 Å². The number of rotatable bonds is 6. The fourth-order valence-electron chi connectivity index (χ4n) is 1.62. The molecule has 0 aliphatic rings. The lowest BCUT2D eigenvalue weighted by Gasteiger charge is -1.99. The zero-order chi connectivity index (χ0) is 12.1. The smallest absolute Gasteiger partial charge is 0.208 e. The second kappa shape index (κ2) is 5.63. The predicted molar refractivity (Wildman–Crippen MR) is 64.5 cm³/mol. The topological polar surface area (TPSA) is 55.9 Å². The van der Waals surface area contributed by atoms with Crippen molar-refractivity contribution in [3.8, 4) is 0 Å². The molecule has 0 aliphatic heterocycles. The summed E-state index contributed by atoms with van der Waals surface area (Å²) in [5, 5.41) is 7.43. The van der Waals surface area contributed by atoms with Crippen LogP contribution in [0.1, 0.15) is 24.1 Å². The number of aryl methyl sites for hydroxylation is 2. The first-order chi connectivity index (χ1) is 8.28. The molecule has 0 aromatic carbocycles.